The van der Waals surface area contributed by atoms with Gasteiger partial charge in [0.15, 0.2) is 0 Å². The molecule has 2 saturated heterocycles. The van der Waals surface area contributed by atoms with Gasteiger partial charge in [-0.3, -0.25) is 0 Å². The van der Waals surface area contributed by atoms with E-state index in [1.165, 1.54) is 0 Å². The molecule has 22 heavy (non-hydrogen) atoms. The average molecular weight is 334 g/mol. The van der Waals surface area contributed by atoms with Crippen LogP contribution in [0.4, 0.5) is 4.79 Å². The predicted molar refractivity (Wildman–Crippen MR) is 88.4 cm³/mol. The van der Waals surface area contributed by atoms with Gasteiger partial charge in [-0.05, 0) is 42.2 Å². The summed E-state index contributed by atoms with van der Waals surface area (Å²) in [7, 11) is 0. The lowest BCUT2D eigenvalue weighted by Crippen LogP contribution is -2.47. The summed E-state index contributed by atoms with van der Waals surface area (Å²) in [5, 5.41) is 10.3. The molecule has 4 nitrogen and oxygen atoms in total. The molecule has 116 valence electrons. The topological polar surface area (TPSA) is 50.4 Å². The Hall–Kier alpha value is -1.37. The Labute approximate surface area is 137 Å². The van der Waals surface area contributed by atoms with E-state index in [-0.39, 0.29) is 24.2 Å². The monoisotopic (exact) mass is 334 g/mol. The zero-order valence-electron chi connectivity index (χ0n) is 12.0. The van der Waals surface area contributed by atoms with E-state index in [4.69, 9.17) is 4.74 Å². The molecule has 4 rings (SSSR count). The molecular formula is C16H18N2O2S2. The van der Waals surface area contributed by atoms with E-state index in [0.717, 1.165) is 29.0 Å². The number of carbonyl (C=O) groups excluding carboxylic acids is 1. The standard InChI is InChI=1S/C16H18N2O2S2/c19-16(17-11-9-10-5-6-12(11)20-10)18-15(13-3-1-7-21-13)14-4-2-8-22-14/h1-4,7-8,10-12,15H,5-6,9H2,(H2,17,18,19)/t10-,11-,12-/m1/s1. The van der Waals surface area contributed by atoms with Crippen molar-refractivity contribution in [1.29, 1.82) is 0 Å². The molecule has 0 spiro atoms. The van der Waals surface area contributed by atoms with Crippen LogP contribution in [0.2, 0.25) is 0 Å². The molecule has 6 heteroatoms. The van der Waals surface area contributed by atoms with Gasteiger partial charge in [0.05, 0.1) is 24.3 Å². The summed E-state index contributed by atoms with van der Waals surface area (Å²) in [4.78, 5) is 14.7. The Bertz CT molecular complexity index is 592. The summed E-state index contributed by atoms with van der Waals surface area (Å²) < 4.78 is 5.80. The van der Waals surface area contributed by atoms with Gasteiger partial charge >= 0.3 is 6.03 Å². The third kappa shape index (κ3) is 2.78. The van der Waals surface area contributed by atoms with Crippen molar-refractivity contribution in [1.82, 2.24) is 10.6 Å². The summed E-state index contributed by atoms with van der Waals surface area (Å²) >= 11 is 3.33. The van der Waals surface area contributed by atoms with Crippen LogP contribution in [0, 0.1) is 0 Å². The number of rotatable bonds is 4. The smallest absolute Gasteiger partial charge is 0.315 e. The van der Waals surface area contributed by atoms with Crippen LogP contribution in [-0.4, -0.2) is 24.3 Å². The zero-order chi connectivity index (χ0) is 14.9. The minimum absolute atomic E-state index is 0.0699. The molecule has 3 atom stereocenters. The molecule has 2 fully saturated rings. The van der Waals surface area contributed by atoms with Gasteiger partial charge in [0.2, 0.25) is 0 Å². The molecule has 0 unspecified atom stereocenters. The van der Waals surface area contributed by atoms with Gasteiger partial charge in [-0.15, -0.1) is 22.7 Å². The number of hydrogen-bond donors (Lipinski definition) is 2. The Morgan fingerprint density at radius 1 is 1.18 bits per heavy atom. The molecule has 2 N–H and O–H groups in total. The fraction of sp³-hybridized carbons (Fsp3) is 0.438. The lowest BCUT2D eigenvalue weighted by Gasteiger charge is -2.22. The Kier molecular flexibility index (Phi) is 3.90. The summed E-state index contributed by atoms with van der Waals surface area (Å²) in [5.74, 6) is 0. The molecule has 0 aromatic carbocycles. The highest BCUT2D eigenvalue weighted by atomic mass is 32.1. The van der Waals surface area contributed by atoms with Crippen molar-refractivity contribution >= 4 is 28.7 Å². The number of thiophene rings is 2. The maximum absolute atomic E-state index is 12.4. The molecule has 2 bridgehead atoms. The van der Waals surface area contributed by atoms with Crippen LogP contribution in [0.5, 0.6) is 0 Å². The number of hydrogen-bond acceptors (Lipinski definition) is 4. The van der Waals surface area contributed by atoms with Crippen LogP contribution in [0.3, 0.4) is 0 Å². The SMILES string of the molecule is O=C(NC(c1cccs1)c1cccs1)N[C@@H]1C[C@H]2CC[C@H]1O2. The van der Waals surface area contributed by atoms with Crippen LogP contribution in [0.15, 0.2) is 35.0 Å². The molecule has 2 aliphatic heterocycles. The van der Waals surface area contributed by atoms with Crippen LogP contribution < -0.4 is 10.6 Å². The quantitative estimate of drug-likeness (QED) is 0.899. The summed E-state index contributed by atoms with van der Waals surface area (Å²) in [5.41, 5.74) is 0. The van der Waals surface area contributed by atoms with E-state index in [0.29, 0.717) is 6.10 Å². The van der Waals surface area contributed by atoms with Crippen molar-refractivity contribution in [3.63, 3.8) is 0 Å². The van der Waals surface area contributed by atoms with Crippen LogP contribution >= 0.6 is 22.7 Å². The Morgan fingerprint density at radius 2 is 1.91 bits per heavy atom. The van der Waals surface area contributed by atoms with Crippen molar-refractivity contribution in [2.75, 3.05) is 0 Å². The van der Waals surface area contributed by atoms with E-state index < -0.39 is 0 Å². The van der Waals surface area contributed by atoms with Crippen molar-refractivity contribution in [2.24, 2.45) is 0 Å². The maximum atomic E-state index is 12.4. The third-order valence-corrected chi connectivity index (χ3v) is 6.23. The van der Waals surface area contributed by atoms with Gasteiger partial charge in [-0.2, -0.15) is 0 Å². The predicted octanol–water partition coefficient (Wildman–Crippen LogP) is 3.52. The molecule has 0 saturated carbocycles. The lowest BCUT2D eigenvalue weighted by atomic mass is 9.96. The molecular weight excluding hydrogens is 316 g/mol. The summed E-state index contributed by atoms with van der Waals surface area (Å²) in [6, 6.07) is 8.15. The molecule has 2 amide bonds. The lowest BCUT2D eigenvalue weighted by molar-refractivity contribution is 0.0980. The van der Waals surface area contributed by atoms with Gasteiger partial charge in [0.1, 0.15) is 0 Å². The fourth-order valence-electron chi connectivity index (χ4n) is 3.32. The molecule has 0 aliphatic carbocycles. The van der Waals surface area contributed by atoms with Crippen molar-refractivity contribution in [2.45, 2.75) is 43.6 Å². The van der Waals surface area contributed by atoms with E-state index >= 15 is 0 Å². The average Bonchev–Trinajstić information content (AvgIpc) is 3.28. The number of urea groups is 1. The molecule has 2 aromatic heterocycles. The molecule has 4 heterocycles. The van der Waals surface area contributed by atoms with Gasteiger partial charge in [-0.1, -0.05) is 12.1 Å². The highest BCUT2D eigenvalue weighted by molar-refractivity contribution is 7.11. The normalized spacial score (nSPS) is 26.5. The van der Waals surface area contributed by atoms with E-state index in [2.05, 4.69) is 22.8 Å². The third-order valence-electron chi connectivity index (χ3n) is 4.35. The second-order valence-electron chi connectivity index (χ2n) is 5.80. The van der Waals surface area contributed by atoms with Gasteiger partial charge < -0.3 is 15.4 Å². The first kappa shape index (κ1) is 14.2. The Balaban J connectivity index is 1.44. The first-order chi connectivity index (χ1) is 10.8. The highest BCUT2D eigenvalue weighted by Gasteiger charge is 2.41. The number of nitrogens with one attached hydrogen (secondary N) is 2. The number of fused-ring (bicyclic) bond motifs is 2. The van der Waals surface area contributed by atoms with Crippen molar-refractivity contribution in [3.05, 3.63) is 44.8 Å². The first-order valence-corrected chi connectivity index (χ1v) is 9.35. The highest BCUT2D eigenvalue weighted by Crippen LogP contribution is 2.34. The van der Waals surface area contributed by atoms with Crippen LogP contribution in [0.25, 0.3) is 0 Å². The second-order valence-corrected chi connectivity index (χ2v) is 7.76. The van der Waals surface area contributed by atoms with Gasteiger partial charge in [0, 0.05) is 9.75 Å². The number of carbonyl (C=O) groups is 1. The zero-order valence-corrected chi connectivity index (χ0v) is 13.7. The van der Waals surface area contributed by atoms with E-state index in [9.17, 15) is 4.79 Å². The maximum Gasteiger partial charge on any atom is 0.315 e. The molecule has 2 aliphatic rings. The number of ether oxygens (including phenoxy) is 1. The van der Waals surface area contributed by atoms with Crippen LogP contribution in [-0.2, 0) is 4.74 Å². The number of amides is 2. The van der Waals surface area contributed by atoms with Crippen LogP contribution in [0.1, 0.15) is 35.1 Å². The van der Waals surface area contributed by atoms with E-state index in [1.54, 1.807) is 22.7 Å². The minimum atomic E-state index is -0.104. The Morgan fingerprint density at radius 3 is 2.41 bits per heavy atom. The van der Waals surface area contributed by atoms with Crippen molar-refractivity contribution in [3.8, 4) is 0 Å². The summed E-state index contributed by atoms with van der Waals surface area (Å²) in [6.45, 7) is 0. The minimum Gasteiger partial charge on any atom is -0.373 e. The van der Waals surface area contributed by atoms with Gasteiger partial charge in [0.25, 0.3) is 0 Å². The second kappa shape index (κ2) is 6.02. The molecule has 0 radical (unpaired) electrons. The summed E-state index contributed by atoms with van der Waals surface area (Å²) in [6.07, 6.45) is 3.70. The largest absolute Gasteiger partial charge is 0.373 e. The van der Waals surface area contributed by atoms with E-state index in [1.807, 2.05) is 22.9 Å². The molecule has 2 aromatic rings. The van der Waals surface area contributed by atoms with Crippen molar-refractivity contribution < 1.29 is 9.53 Å². The fourth-order valence-corrected chi connectivity index (χ4v) is 4.99. The van der Waals surface area contributed by atoms with Gasteiger partial charge in [-0.25, -0.2) is 4.79 Å². The first-order valence-electron chi connectivity index (χ1n) is 7.59.